The highest BCUT2D eigenvalue weighted by molar-refractivity contribution is 9.10. The lowest BCUT2D eigenvalue weighted by Crippen LogP contribution is -2.21. The molecule has 0 saturated carbocycles. The molecule has 0 aromatic heterocycles. The Hall–Kier alpha value is -0.590. The molecule has 0 spiro atoms. The van der Waals surface area contributed by atoms with E-state index in [0.717, 1.165) is 5.56 Å². The quantitative estimate of drug-likeness (QED) is 0.847. The van der Waals surface area contributed by atoms with Gasteiger partial charge in [-0.1, -0.05) is 6.07 Å². The first-order valence-corrected chi connectivity index (χ1v) is 5.79. The lowest BCUT2D eigenvalue weighted by Gasteiger charge is -2.06. The maximum absolute atomic E-state index is 10.7. The van der Waals surface area contributed by atoms with E-state index in [0.29, 0.717) is 10.2 Å². The molecule has 3 N–H and O–H groups in total. The monoisotopic (exact) mass is 264 g/mol. The third-order valence-corrected chi connectivity index (χ3v) is 2.54. The fourth-order valence-electron chi connectivity index (χ4n) is 0.856. The lowest BCUT2D eigenvalue weighted by molar-refractivity contribution is 0.603. The summed E-state index contributed by atoms with van der Waals surface area (Å²) in [5, 5.41) is 4.81. The first-order valence-electron chi connectivity index (χ1n) is 3.45. The summed E-state index contributed by atoms with van der Waals surface area (Å²) in [4.78, 5) is 0. The van der Waals surface area contributed by atoms with Gasteiger partial charge in [0.1, 0.15) is 0 Å². The van der Waals surface area contributed by atoms with Gasteiger partial charge in [0.2, 0.25) is 0 Å². The van der Waals surface area contributed by atoms with Crippen molar-refractivity contribution >= 4 is 31.8 Å². The van der Waals surface area contributed by atoms with E-state index in [1.54, 1.807) is 18.2 Å². The second-order valence-electron chi connectivity index (χ2n) is 2.63. The van der Waals surface area contributed by atoms with E-state index in [1.165, 1.54) is 0 Å². The van der Waals surface area contributed by atoms with Gasteiger partial charge in [-0.05, 0) is 40.5 Å². The summed E-state index contributed by atoms with van der Waals surface area (Å²) < 4.78 is 24.2. The van der Waals surface area contributed by atoms with E-state index in [1.807, 2.05) is 6.92 Å². The SMILES string of the molecule is Cc1ccc(NS(N)(=O)=O)c(Br)c1. The van der Waals surface area contributed by atoms with Crippen LogP contribution in [0, 0.1) is 6.92 Å². The van der Waals surface area contributed by atoms with Crippen LogP contribution in [0.5, 0.6) is 0 Å². The Morgan fingerprint density at radius 3 is 2.54 bits per heavy atom. The van der Waals surface area contributed by atoms with E-state index in [4.69, 9.17) is 5.14 Å². The Morgan fingerprint density at radius 2 is 2.08 bits per heavy atom. The van der Waals surface area contributed by atoms with Crippen LogP contribution in [0.25, 0.3) is 0 Å². The van der Waals surface area contributed by atoms with Gasteiger partial charge in [-0.25, -0.2) is 5.14 Å². The highest BCUT2D eigenvalue weighted by atomic mass is 79.9. The van der Waals surface area contributed by atoms with Gasteiger partial charge >= 0.3 is 0 Å². The average Bonchev–Trinajstić information content (AvgIpc) is 1.93. The molecule has 0 fully saturated rings. The van der Waals surface area contributed by atoms with Crippen LogP contribution in [0.15, 0.2) is 22.7 Å². The molecule has 1 rings (SSSR count). The Labute approximate surface area is 85.4 Å². The van der Waals surface area contributed by atoms with Crippen LogP contribution < -0.4 is 9.86 Å². The van der Waals surface area contributed by atoms with Crippen molar-refractivity contribution in [2.45, 2.75) is 6.92 Å². The molecule has 0 aliphatic rings. The first-order chi connectivity index (χ1) is 5.88. The molecule has 72 valence electrons. The zero-order valence-corrected chi connectivity index (χ0v) is 9.31. The van der Waals surface area contributed by atoms with Crippen molar-refractivity contribution in [1.29, 1.82) is 0 Å². The molecule has 0 aliphatic carbocycles. The van der Waals surface area contributed by atoms with Crippen LogP contribution >= 0.6 is 15.9 Å². The number of hydrogen-bond donors (Lipinski definition) is 2. The van der Waals surface area contributed by atoms with E-state index in [9.17, 15) is 8.42 Å². The number of nitrogens with two attached hydrogens (primary N) is 1. The van der Waals surface area contributed by atoms with E-state index in [2.05, 4.69) is 20.7 Å². The Kier molecular flexibility index (Phi) is 2.94. The predicted octanol–water partition coefficient (Wildman–Crippen LogP) is 1.37. The fraction of sp³-hybridized carbons (Fsp3) is 0.143. The molecule has 0 amide bonds. The highest BCUT2D eigenvalue weighted by Crippen LogP contribution is 2.23. The molecule has 1 aromatic rings. The molecule has 0 bridgehead atoms. The molecule has 0 unspecified atom stereocenters. The van der Waals surface area contributed by atoms with Crippen LogP contribution in [-0.2, 0) is 10.2 Å². The average molecular weight is 265 g/mol. The molecule has 0 radical (unpaired) electrons. The lowest BCUT2D eigenvalue weighted by atomic mass is 10.2. The summed E-state index contributed by atoms with van der Waals surface area (Å²) in [5.41, 5.74) is 1.47. The maximum atomic E-state index is 10.7. The van der Waals surface area contributed by atoms with Gasteiger partial charge < -0.3 is 0 Å². The zero-order valence-electron chi connectivity index (χ0n) is 6.91. The van der Waals surface area contributed by atoms with Crippen molar-refractivity contribution in [2.75, 3.05) is 4.72 Å². The largest absolute Gasteiger partial charge is 0.296 e. The van der Waals surface area contributed by atoms with E-state index < -0.39 is 10.2 Å². The van der Waals surface area contributed by atoms with Crippen LogP contribution in [0.4, 0.5) is 5.69 Å². The summed E-state index contributed by atoms with van der Waals surface area (Å²) in [5.74, 6) is 0. The molecular weight excluding hydrogens is 256 g/mol. The Balaban J connectivity index is 3.04. The van der Waals surface area contributed by atoms with Crippen molar-refractivity contribution in [3.8, 4) is 0 Å². The molecule has 6 heteroatoms. The van der Waals surface area contributed by atoms with Gasteiger partial charge in [0, 0.05) is 4.47 Å². The number of halogens is 1. The minimum Gasteiger partial charge on any atom is -0.270 e. The standard InChI is InChI=1S/C7H9BrN2O2S/c1-5-2-3-7(6(8)4-5)10-13(9,11)12/h2-4,10H,1H3,(H2,9,11,12). The van der Waals surface area contributed by atoms with E-state index in [-0.39, 0.29) is 0 Å². The minimum atomic E-state index is -3.69. The second kappa shape index (κ2) is 3.65. The van der Waals surface area contributed by atoms with Gasteiger partial charge in [-0.15, -0.1) is 0 Å². The smallest absolute Gasteiger partial charge is 0.270 e. The number of anilines is 1. The Bertz CT molecular complexity index is 417. The van der Waals surface area contributed by atoms with Gasteiger partial charge in [0.15, 0.2) is 0 Å². The minimum absolute atomic E-state index is 0.438. The van der Waals surface area contributed by atoms with Crippen molar-refractivity contribution in [1.82, 2.24) is 0 Å². The van der Waals surface area contributed by atoms with Gasteiger partial charge in [-0.2, -0.15) is 8.42 Å². The molecule has 13 heavy (non-hydrogen) atoms. The van der Waals surface area contributed by atoms with Gasteiger partial charge in [0.25, 0.3) is 10.2 Å². The summed E-state index contributed by atoms with van der Waals surface area (Å²) in [7, 11) is -3.69. The van der Waals surface area contributed by atoms with Crippen molar-refractivity contribution in [2.24, 2.45) is 5.14 Å². The maximum Gasteiger partial charge on any atom is 0.296 e. The Morgan fingerprint density at radius 1 is 1.46 bits per heavy atom. The fourth-order valence-corrected chi connectivity index (χ4v) is 2.06. The summed E-state index contributed by atoms with van der Waals surface area (Å²) in [6, 6.07) is 5.23. The topological polar surface area (TPSA) is 72.2 Å². The highest BCUT2D eigenvalue weighted by Gasteiger charge is 2.05. The van der Waals surface area contributed by atoms with Crippen LogP contribution in [0.2, 0.25) is 0 Å². The predicted molar refractivity (Wildman–Crippen MR) is 55.6 cm³/mol. The van der Waals surface area contributed by atoms with Gasteiger partial charge in [0.05, 0.1) is 5.69 Å². The third-order valence-electron chi connectivity index (χ3n) is 1.38. The van der Waals surface area contributed by atoms with Crippen molar-refractivity contribution < 1.29 is 8.42 Å². The number of nitrogens with one attached hydrogen (secondary N) is 1. The molecule has 0 heterocycles. The summed E-state index contributed by atoms with van der Waals surface area (Å²) in [6.07, 6.45) is 0. The van der Waals surface area contributed by atoms with E-state index >= 15 is 0 Å². The molecule has 0 aliphatic heterocycles. The van der Waals surface area contributed by atoms with Gasteiger partial charge in [-0.3, -0.25) is 4.72 Å². The summed E-state index contributed by atoms with van der Waals surface area (Å²) >= 11 is 3.22. The van der Waals surface area contributed by atoms with Crippen LogP contribution in [0.1, 0.15) is 5.56 Å². The number of benzene rings is 1. The number of hydrogen-bond acceptors (Lipinski definition) is 2. The van der Waals surface area contributed by atoms with Crippen molar-refractivity contribution in [3.05, 3.63) is 28.2 Å². The molecular formula is C7H9BrN2O2S. The molecule has 4 nitrogen and oxygen atoms in total. The molecule has 0 atom stereocenters. The second-order valence-corrected chi connectivity index (χ2v) is 4.78. The van der Waals surface area contributed by atoms with Crippen LogP contribution in [-0.4, -0.2) is 8.42 Å². The third kappa shape index (κ3) is 3.33. The molecule has 0 saturated heterocycles. The summed E-state index contributed by atoms with van der Waals surface area (Å²) in [6.45, 7) is 1.91. The first kappa shape index (κ1) is 10.5. The normalized spacial score (nSPS) is 11.3. The number of aryl methyl sites for hydroxylation is 1. The zero-order chi connectivity index (χ0) is 10.1. The number of rotatable bonds is 2. The van der Waals surface area contributed by atoms with Crippen molar-refractivity contribution in [3.63, 3.8) is 0 Å². The van der Waals surface area contributed by atoms with Crippen LogP contribution in [0.3, 0.4) is 0 Å². The molecule has 1 aromatic carbocycles.